The maximum absolute atomic E-state index is 11.7. The van der Waals surface area contributed by atoms with Crippen LogP contribution in [0.3, 0.4) is 0 Å². The van der Waals surface area contributed by atoms with Crippen LogP contribution in [-0.4, -0.2) is 47.8 Å². The molecule has 0 fully saturated rings. The summed E-state index contributed by atoms with van der Waals surface area (Å²) < 4.78 is 5.31. The van der Waals surface area contributed by atoms with Crippen LogP contribution in [0.5, 0.6) is 0 Å². The average molecular weight is 698 g/mol. The summed E-state index contributed by atoms with van der Waals surface area (Å²) >= 11 is 0. The molecule has 0 aromatic rings. The molecule has 0 rings (SSSR count). The number of hydrogen-bond donors (Lipinski definition) is 3. The summed E-state index contributed by atoms with van der Waals surface area (Å²) in [7, 11) is 0. The van der Waals surface area contributed by atoms with Gasteiger partial charge in [0.05, 0.1) is 12.5 Å². The van der Waals surface area contributed by atoms with Crippen LogP contribution in [-0.2, 0) is 19.1 Å². The molecule has 0 aliphatic carbocycles. The lowest BCUT2D eigenvalue weighted by molar-refractivity contribution is -0.144. The first-order valence-corrected chi connectivity index (χ1v) is 21.2. The fourth-order valence-corrected chi connectivity index (χ4v) is 6.11. The molecular weight excluding hydrogens is 614 g/mol. The van der Waals surface area contributed by atoms with Gasteiger partial charge < -0.3 is 20.3 Å². The third-order valence-corrected chi connectivity index (χ3v) is 9.40. The van der Waals surface area contributed by atoms with Gasteiger partial charge in [0, 0.05) is 12.8 Å². The van der Waals surface area contributed by atoms with Crippen LogP contribution in [0.1, 0.15) is 226 Å². The van der Waals surface area contributed by atoms with E-state index in [4.69, 9.17) is 9.84 Å². The Balaban J connectivity index is 0. The van der Waals surface area contributed by atoms with E-state index in [-0.39, 0.29) is 18.3 Å². The highest BCUT2D eigenvalue weighted by Crippen LogP contribution is 2.19. The minimum Gasteiger partial charge on any atom is -0.481 e. The lowest BCUT2D eigenvalue weighted by Crippen LogP contribution is -2.16. The minimum absolute atomic E-state index is 0.0334. The fourth-order valence-electron chi connectivity index (χ4n) is 6.11. The van der Waals surface area contributed by atoms with Crippen LogP contribution in [0.4, 0.5) is 0 Å². The third-order valence-electron chi connectivity index (χ3n) is 9.40. The summed E-state index contributed by atoms with van der Waals surface area (Å²) in [6.45, 7) is 9.25. The second kappa shape index (κ2) is 42.5. The van der Waals surface area contributed by atoms with E-state index in [2.05, 4.69) is 26.1 Å². The van der Waals surface area contributed by atoms with Gasteiger partial charge in [0.2, 0.25) is 0 Å². The predicted octanol–water partition coefficient (Wildman–Crippen LogP) is 12.4. The molecule has 0 aliphatic heterocycles. The molecule has 0 amide bonds. The van der Waals surface area contributed by atoms with E-state index in [1.54, 1.807) is 0 Å². The highest BCUT2D eigenvalue weighted by molar-refractivity contribution is 5.70. The first-order chi connectivity index (χ1) is 23.9. The van der Waals surface area contributed by atoms with E-state index in [0.29, 0.717) is 13.0 Å². The molecule has 0 spiro atoms. The zero-order chi connectivity index (χ0) is 36.5. The number of unbranched alkanes of at least 4 members (excludes halogenated alkanes) is 23. The Morgan fingerprint density at radius 2 is 0.837 bits per heavy atom. The van der Waals surface area contributed by atoms with Crippen LogP contribution in [0, 0.1) is 5.92 Å². The average Bonchev–Trinajstić information content (AvgIpc) is 3.08. The monoisotopic (exact) mass is 698 g/mol. The lowest BCUT2D eigenvalue weighted by atomic mass is 9.94. The van der Waals surface area contributed by atoms with Crippen molar-refractivity contribution in [2.24, 2.45) is 5.92 Å². The number of carboxylic acids is 2. The molecule has 49 heavy (non-hydrogen) atoms. The van der Waals surface area contributed by atoms with E-state index in [0.717, 1.165) is 96.6 Å². The van der Waals surface area contributed by atoms with Crippen molar-refractivity contribution in [1.29, 1.82) is 0 Å². The summed E-state index contributed by atoms with van der Waals surface area (Å²) in [6, 6.07) is 0. The van der Waals surface area contributed by atoms with Crippen molar-refractivity contribution in [3.8, 4) is 0 Å². The van der Waals surface area contributed by atoms with Crippen LogP contribution >= 0.6 is 0 Å². The van der Waals surface area contributed by atoms with Crippen LogP contribution in [0.2, 0.25) is 0 Å². The summed E-state index contributed by atoms with van der Waals surface area (Å²) in [5, 5.41) is 21.2. The largest absolute Gasteiger partial charge is 0.481 e. The van der Waals surface area contributed by atoms with Gasteiger partial charge in [-0.2, -0.15) is 0 Å². The number of nitrogens with one attached hydrogen (secondary N) is 1. The molecule has 7 heteroatoms. The number of carbonyl (C=O) groups is 3. The Labute approximate surface area is 303 Å². The van der Waals surface area contributed by atoms with E-state index < -0.39 is 11.9 Å². The molecule has 0 aromatic carbocycles. The quantitative estimate of drug-likeness (QED) is 0.0434. The first-order valence-electron chi connectivity index (χ1n) is 21.2. The van der Waals surface area contributed by atoms with Crippen molar-refractivity contribution in [3.05, 3.63) is 0 Å². The number of ether oxygens (including phenoxy) is 1. The summed E-state index contributed by atoms with van der Waals surface area (Å²) in [5.74, 6) is -1.40. The third kappa shape index (κ3) is 44.3. The number of aliphatic carboxylic acids is 2. The zero-order valence-electron chi connectivity index (χ0n) is 32.9. The zero-order valence-corrected chi connectivity index (χ0v) is 32.9. The van der Waals surface area contributed by atoms with E-state index in [1.807, 2.05) is 0 Å². The van der Waals surface area contributed by atoms with Crippen molar-refractivity contribution in [2.75, 3.05) is 19.7 Å². The summed E-state index contributed by atoms with van der Waals surface area (Å²) in [5.41, 5.74) is 0. The lowest BCUT2D eigenvalue weighted by Gasteiger charge is -2.12. The molecule has 0 heterocycles. The molecule has 0 saturated carbocycles. The van der Waals surface area contributed by atoms with Gasteiger partial charge in [0.15, 0.2) is 0 Å². The van der Waals surface area contributed by atoms with E-state index in [1.165, 1.54) is 109 Å². The van der Waals surface area contributed by atoms with Crippen molar-refractivity contribution in [1.82, 2.24) is 5.32 Å². The number of esters is 1. The second-order valence-electron chi connectivity index (χ2n) is 14.3. The molecule has 0 radical (unpaired) electrons. The second-order valence-corrected chi connectivity index (χ2v) is 14.3. The van der Waals surface area contributed by atoms with Crippen molar-refractivity contribution in [3.63, 3.8) is 0 Å². The van der Waals surface area contributed by atoms with Gasteiger partial charge in [0.1, 0.15) is 0 Å². The Bertz CT molecular complexity index is 685. The number of carbonyl (C=O) groups excluding carboxylic acids is 1. The maximum Gasteiger partial charge on any atom is 0.306 e. The van der Waals surface area contributed by atoms with E-state index in [9.17, 15) is 19.5 Å². The predicted molar refractivity (Wildman–Crippen MR) is 207 cm³/mol. The maximum atomic E-state index is 11.7. The summed E-state index contributed by atoms with van der Waals surface area (Å²) in [6.07, 6.45) is 36.1. The smallest absolute Gasteiger partial charge is 0.306 e. The molecule has 0 unspecified atom stereocenters. The van der Waals surface area contributed by atoms with Crippen molar-refractivity contribution < 1.29 is 29.3 Å². The van der Waals surface area contributed by atoms with Gasteiger partial charge in [-0.1, -0.05) is 162 Å². The van der Waals surface area contributed by atoms with Gasteiger partial charge in [0.25, 0.3) is 0 Å². The van der Waals surface area contributed by atoms with Crippen LogP contribution < -0.4 is 5.32 Å². The molecule has 7 nitrogen and oxygen atoms in total. The molecule has 0 saturated heterocycles. The number of carboxylic acid groups (broad SMARTS) is 2. The molecule has 0 aromatic heterocycles. The number of rotatable bonds is 38. The Hall–Kier alpha value is -1.63. The first kappa shape index (κ1) is 49.5. The molecule has 292 valence electrons. The highest BCUT2D eigenvalue weighted by Gasteiger charge is 2.16. The standard InChI is InChI=1S/C24H47NO4.C18H36O2/c1-2-3-4-5-6-7-8-9-14-19-24(28)29-22-17-12-16-21-25-20-15-11-10-13-18-23(26)27;1-3-5-7-9-11-13-15-17(18(19)20)16-14-12-10-8-6-4-2/h25H,2-22H2,1H3,(H,26,27);17H,3-16H2,1-2H3,(H,19,20). The molecule has 0 aliphatic rings. The SMILES string of the molecule is CCCCCCCCC(CCCCCCCC)C(=O)O.CCCCCCCCCCCC(=O)OCCCCCNCCCCCCC(=O)O. The molecule has 0 bridgehead atoms. The number of hydrogen-bond acceptors (Lipinski definition) is 5. The van der Waals surface area contributed by atoms with Gasteiger partial charge in [-0.25, -0.2) is 0 Å². The minimum atomic E-state index is -0.697. The Morgan fingerprint density at radius 1 is 0.469 bits per heavy atom. The normalized spacial score (nSPS) is 11.0. The Kier molecular flexibility index (Phi) is 43.0. The topological polar surface area (TPSA) is 113 Å². The molecular formula is C42H83NO6. The van der Waals surface area contributed by atoms with E-state index >= 15 is 0 Å². The van der Waals surface area contributed by atoms with Crippen molar-refractivity contribution >= 4 is 17.9 Å². The van der Waals surface area contributed by atoms with Crippen LogP contribution in [0.15, 0.2) is 0 Å². The van der Waals surface area contributed by atoms with Gasteiger partial charge >= 0.3 is 17.9 Å². The van der Waals surface area contributed by atoms with Crippen molar-refractivity contribution in [2.45, 2.75) is 226 Å². The van der Waals surface area contributed by atoms with Gasteiger partial charge in [-0.3, -0.25) is 14.4 Å². The Morgan fingerprint density at radius 3 is 1.27 bits per heavy atom. The fraction of sp³-hybridized carbons (Fsp3) is 0.929. The van der Waals surface area contributed by atoms with Gasteiger partial charge in [-0.05, 0) is 64.5 Å². The molecule has 3 N–H and O–H groups in total. The highest BCUT2D eigenvalue weighted by atomic mass is 16.5. The summed E-state index contributed by atoms with van der Waals surface area (Å²) in [4.78, 5) is 33.3. The molecule has 0 atom stereocenters. The van der Waals surface area contributed by atoms with Gasteiger partial charge in [-0.15, -0.1) is 0 Å². The van der Waals surface area contributed by atoms with Crippen LogP contribution in [0.25, 0.3) is 0 Å².